The Kier molecular flexibility index (Phi) is 2.63. The highest BCUT2D eigenvalue weighted by molar-refractivity contribution is 5.84. The summed E-state index contributed by atoms with van der Waals surface area (Å²) in [6, 6.07) is 6.26. The van der Waals surface area contributed by atoms with Gasteiger partial charge in [0.15, 0.2) is 0 Å². The number of nitrogens with zero attached hydrogens (tertiary/aromatic N) is 4. The van der Waals surface area contributed by atoms with Crippen molar-refractivity contribution in [2.24, 2.45) is 0 Å². The van der Waals surface area contributed by atoms with Crippen LogP contribution in [-0.4, -0.2) is 29.2 Å². The van der Waals surface area contributed by atoms with Crippen LogP contribution in [0.15, 0.2) is 35.0 Å². The molecule has 0 saturated heterocycles. The van der Waals surface area contributed by atoms with Gasteiger partial charge in [0, 0.05) is 25.7 Å². The molecule has 5 nitrogen and oxygen atoms in total. The van der Waals surface area contributed by atoms with E-state index < -0.39 is 0 Å². The third-order valence-corrected chi connectivity index (χ3v) is 2.72. The Bertz CT molecular complexity index is 738. The zero-order valence-electron chi connectivity index (χ0n) is 10.5. The van der Waals surface area contributed by atoms with Crippen LogP contribution in [0.5, 0.6) is 0 Å². The van der Waals surface area contributed by atoms with Crippen LogP contribution < -0.4 is 4.90 Å². The number of fused-ring (bicyclic) bond motifs is 1. The molecule has 0 atom stereocenters. The first-order valence-electron chi connectivity index (χ1n) is 5.70. The summed E-state index contributed by atoms with van der Waals surface area (Å²) >= 11 is 0. The summed E-state index contributed by atoms with van der Waals surface area (Å²) in [7, 11) is 3.63. The number of hydrogen-bond acceptors (Lipinski definition) is 5. The molecule has 3 aromatic rings. The van der Waals surface area contributed by atoms with Crippen molar-refractivity contribution in [3.05, 3.63) is 36.3 Å². The molecule has 0 fully saturated rings. The van der Waals surface area contributed by atoms with Gasteiger partial charge >= 0.3 is 0 Å². The fourth-order valence-corrected chi connectivity index (χ4v) is 1.73. The molecule has 0 N–H and O–H groups in total. The Balaban J connectivity index is 2.08. The lowest BCUT2D eigenvalue weighted by molar-refractivity contribution is 0.429. The second kappa shape index (κ2) is 4.31. The molecule has 2 heterocycles. The summed E-state index contributed by atoms with van der Waals surface area (Å²) in [5.41, 5.74) is 0.527. The van der Waals surface area contributed by atoms with Crippen LogP contribution in [0.4, 0.5) is 10.3 Å². The van der Waals surface area contributed by atoms with Gasteiger partial charge < -0.3 is 9.42 Å². The molecule has 0 saturated carbocycles. The summed E-state index contributed by atoms with van der Waals surface area (Å²) < 4.78 is 18.3. The monoisotopic (exact) mass is 258 g/mol. The van der Waals surface area contributed by atoms with Gasteiger partial charge in [0.2, 0.25) is 0 Å². The minimum absolute atomic E-state index is 0.288. The van der Waals surface area contributed by atoms with Gasteiger partial charge in [0.05, 0.1) is 0 Å². The standard InChI is InChI=1S/C13H11FN4O/c1-18(2)13-16-12(19-17-13)11-6-9-5-10(14)4-3-8(9)7-15-11/h3-7H,1-2H3. The van der Waals surface area contributed by atoms with Gasteiger partial charge in [-0.2, -0.15) is 4.98 Å². The van der Waals surface area contributed by atoms with E-state index in [2.05, 4.69) is 15.1 Å². The molecule has 3 rings (SSSR count). The SMILES string of the molecule is CN(C)c1noc(-c2cc3cc(F)ccc3cn2)n1. The highest BCUT2D eigenvalue weighted by Gasteiger charge is 2.11. The smallest absolute Gasteiger partial charge is 0.278 e. The van der Waals surface area contributed by atoms with Crippen LogP contribution in [0.25, 0.3) is 22.4 Å². The maximum absolute atomic E-state index is 13.2. The van der Waals surface area contributed by atoms with Crippen LogP contribution >= 0.6 is 0 Å². The van der Waals surface area contributed by atoms with Crippen LogP contribution in [-0.2, 0) is 0 Å². The van der Waals surface area contributed by atoms with E-state index in [1.54, 1.807) is 23.2 Å². The predicted octanol–water partition coefficient (Wildman–Crippen LogP) is 2.49. The van der Waals surface area contributed by atoms with E-state index in [1.807, 2.05) is 14.1 Å². The Morgan fingerprint density at radius 1 is 1.16 bits per heavy atom. The van der Waals surface area contributed by atoms with Crippen molar-refractivity contribution in [3.8, 4) is 11.6 Å². The fourth-order valence-electron chi connectivity index (χ4n) is 1.73. The Morgan fingerprint density at radius 2 is 2.00 bits per heavy atom. The molecule has 1 aromatic carbocycles. The zero-order valence-corrected chi connectivity index (χ0v) is 10.5. The first-order valence-corrected chi connectivity index (χ1v) is 5.70. The number of rotatable bonds is 2. The molecule has 0 aliphatic heterocycles. The lowest BCUT2D eigenvalue weighted by Crippen LogP contribution is -2.10. The van der Waals surface area contributed by atoms with Gasteiger partial charge in [-0.05, 0) is 34.8 Å². The second-order valence-corrected chi connectivity index (χ2v) is 4.35. The van der Waals surface area contributed by atoms with E-state index in [-0.39, 0.29) is 5.82 Å². The van der Waals surface area contributed by atoms with E-state index in [9.17, 15) is 4.39 Å². The fraction of sp³-hybridized carbons (Fsp3) is 0.154. The second-order valence-electron chi connectivity index (χ2n) is 4.35. The quantitative estimate of drug-likeness (QED) is 0.706. The molecule has 0 radical (unpaired) electrons. The summed E-state index contributed by atoms with van der Waals surface area (Å²) in [6.07, 6.45) is 1.66. The van der Waals surface area contributed by atoms with Crippen molar-refractivity contribution >= 4 is 16.7 Å². The number of aromatic nitrogens is 3. The first kappa shape index (κ1) is 11.6. The molecule has 0 aliphatic carbocycles. The Morgan fingerprint density at radius 3 is 2.74 bits per heavy atom. The lowest BCUT2D eigenvalue weighted by Gasteiger charge is -2.02. The predicted molar refractivity (Wildman–Crippen MR) is 69.3 cm³/mol. The average Bonchev–Trinajstić information content (AvgIpc) is 2.87. The molecule has 0 bridgehead atoms. The molecule has 0 aliphatic rings. The van der Waals surface area contributed by atoms with Gasteiger partial charge in [-0.25, -0.2) is 4.39 Å². The normalized spacial score (nSPS) is 10.9. The number of halogens is 1. The summed E-state index contributed by atoms with van der Waals surface area (Å²) in [4.78, 5) is 10.2. The molecular formula is C13H11FN4O. The number of hydrogen-bond donors (Lipinski definition) is 0. The summed E-state index contributed by atoms with van der Waals surface area (Å²) in [6.45, 7) is 0. The van der Waals surface area contributed by atoms with Crippen molar-refractivity contribution in [1.82, 2.24) is 15.1 Å². The van der Waals surface area contributed by atoms with E-state index >= 15 is 0 Å². The maximum atomic E-state index is 13.2. The van der Waals surface area contributed by atoms with Crippen molar-refractivity contribution in [3.63, 3.8) is 0 Å². The molecule has 6 heteroatoms. The van der Waals surface area contributed by atoms with Crippen LogP contribution in [0, 0.1) is 5.82 Å². The highest BCUT2D eigenvalue weighted by atomic mass is 19.1. The van der Waals surface area contributed by atoms with Gasteiger partial charge in [-0.1, -0.05) is 0 Å². The van der Waals surface area contributed by atoms with Gasteiger partial charge in [-0.15, -0.1) is 0 Å². The topological polar surface area (TPSA) is 55.1 Å². The number of pyridine rings is 1. The van der Waals surface area contributed by atoms with Gasteiger partial charge in [-0.3, -0.25) is 4.98 Å². The number of anilines is 1. The van der Waals surface area contributed by atoms with E-state index in [0.29, 0.717) is 17.5 Å². The maximum Gasteiger partial charge on any atom is 0.278 e. The summed E-state index contributed by atoms with van der Waals surface area (Å²) in [5, 5.41) is 5.42. The third kappa shape index (κ3) is 2.12. The van der Waals surface area contributed by atoms with Crippen LogP contribution in [0.3, 0.4) is 0 Å². The van der Waals surface area contributed by atoms with Crippen LogP contribution in [0.1, 0.15) is 0 Å². The van der Waals surface area contributed by atoms with Crippen molar-refractivity contribution in [2.75, 3.05) is 19.0 Å². The molecule has 0 amide bonds. The number of benzene rings is 1. The van der Waals surface area contributed by atoms with E-state index in [4.69, 9.17) is 4.52 Å². The molecule has 2 aromatic heterocycles. The minimum Gasteiger partial charge on any atom is -0.344 e. The largest absolute Gasteiger partial charge is 0.344 e. The third-order valence-electron chi connectivity index (χ3n) is 2.72. The van der Waals surface area contributed by atoms with Crippen molar-refractivity contribution in [1.29, 1.82) is 0 Å². The summed E-state index contributed by atoms with van der Waals surface area (Å²) in [5.74, 6) is 0.496. The van der Waals surface area contributed by atoms with Crippen LogP contribution in [0.2, 0.25) is 0 Å². The van der Waals surface area contributed by atoms with Gasteiger partial charge in [0.25, 0.3) is 11.8 Å². The van der Waals surface area contributed by atoms with Gasteiger partial charge in [0.1, 0.15) is 11.5 Å². The Hall–Kier alpha value is -2.50. The molecule has 0 spiro atoms. The van der Waals surface area contributed by atoms with Crippen molar-refractivity contribution in [2.45, 2.75) is 0 Å². The van der Waals surface area contributed by atoms with Crippen molar-refractivity contribution < 1.29 is 8.91 Å². The first-order chi connectivity index (χ1) is 9.13. The molecule has 19 heavy (non-hydrogen) atoms. The molecule has 0 unspecified atom stereocenters. The molecular weight excluding hydrogens is 247 g/mol. The minimum atomic E-state index is -0.288. The Labute approximate surface area is 108 Å². The lowest BCUT2D eigenvalue weighted by atomic mass is 10.1. The van der Waals surface area contributed by atoms with E-state index in [0.717, 1.165) is 10.8 Å². The molecule has 96 valence electrons. The highest BCUT2D eigenvalue weighted by Crippen LogP contribution is 2.22. The average molecular weight is 258 g/mol. The zero-order chi connectivity index (χ0) is 13.4. The van der Waals surface area contributed by atoms with E-state index in [1.165, 1.54) is 12.1 Å².